The van der Waals surface area contributed by atoms with E-state index in [9.17, 15) is 9.18 Å². The number of carbonyl (C=O) groups is 1. The molecular formula is C22H22BrFN4O4. The molecule has 8 nitrogen and oxygen atoms in total. The standard InChI is InChI=1S/C22H22BrFN4O4/c1-22(2,3)32-21(29)28-9-8-14(11-28)30-18-7-6-17-19(27-18)20(26-12-25-17)31-13-4-5-16(24)15(23)10-13/h4-7,10,12,14H,8-9,11H2,1-3H3/t14-/m0/s1. The van der Waals surface area contributed by atoms with Crippen LogP contribution >= 0.6 is 15.9 Å². The molecule has 1 aliphatic heterocycles. The summed E-state index contributed by atoms with van der Waals surface area (Å²) in [7, 11) is 0. The number of pyridine rings is 1. The van der Waals surface area contributed by atoms with Crippen LogP contribution < -0.4 is 9.47 Å². The second-order valence-electron chi connectivity index (χ2n) is 8.33. The van der Waals surface area contributed by atoms with Gasteiger partial charge < -0.3 is 19.1 Å². The Bertz CT molecular complexity index is 1150. The largest absolute Gasteiger partial charge is 0.472 e. The predicted octanol–water partition coefficient (Wildman–Crippen LogP) is 5.11. The van der Waals surface area contributed by atoms with E-state index in [4.69, 9.17) is 14.2 Å². The number of fused-ring (bicyclic) bond motifs is 1. The number of benzene rings is 1. The maximum absolute atomic E-state index is 13.5. The Morgan fingerprint density at radius 3 is 2.78 bits per heavy atom. The average molecular weight is 505 g/mol. The van der Waals surface area contributed by atoms with Gasteiger partial charge in [-0.25, -0.2) is 19.2 Å². The number of halogens is 2. The van der Waals surface area contributed by atoms with Crippen molar-refractivity contribution >= 4 is 33.1 Å². The monoisotopic (exact) mass is 504 g/mol. The Morgan fingerprint density at radius 1 is 1.22 bits per heavy atom. The second-order valence-corrected chi connectivity index (χ2v) is 9.18. The van der Waals surface area contributed by atoms with E-state index in [1.54, 1.807) is 17.0 Å². The smallest absolute Gasteiger partial charge is 0.410 e. The van der Waals surface area contributed by atoms with Gasteiger partial charge in [0.15, 0.2) is 5.52 Å². The van der Waals surface area contributed by atoms with Crippen LogP contribution in [0.2, 0.25) is 0 Å². The van der Waals surface area contributed by atoms with Gasteiger partial charge in [0.05, 0.1) is 16.5 Å². The van der Waals surface area contributed by atoms with Crippen molar-refractivity contribution in [2.24, 2.45) is 0 Å². The van der Waals surface area contributed by atoms with Crippen LogP contribution in [0.1, 0.15) is 27.2 Å². The molecule has 0 radical (unpaired) electrons. The maximum atomic E-state index is 13.5. The van der Waals surface area contributed by atoms with E-state index in [1.165, 1.54) is 24.5 Å². The minimum absolute atomic E-state index is 0.213. The van der Waals surface area contributed by atoms with Crippen molar-refractivity contribution in [3.8, 4) is 17.5 Å². The van der Waals surface area contributed by atoms with Gasteiger partial charge in [0.2, 0.25) is 11.8 Å². The highest BCUT2D eigenvalue weighted by Crippen LogP contribution is 2.30. The number of nitrogens with zero attached hydrogens (tertiary/aromatic N) is 4. The first-order chi connectivity index (χ1) is 15.2. The van der Waals surface area contributed by atoms with E-state index in [0.29, 0.717) is 42.2 Å². The summed E-state index contributed by atoms with van der Waals surface area (Å²) in [6.45, 7) is 6.46. The molecule has 1 aromatic carbocycles. The number of hydrogen-bond donors (Lipinski definition) is 0. The predicted molar refractivity (Wildman–Crippen MR) is 118 cm³/mol. The highest BCUT2D eigenvalue weighted by Gasteiger charge is 2.31. The van der Waals surface area contributed by atoms with Crippen LogP contribution in [0.5, 0.6) is 17.5 Å². The van der Waals surface area contributed by atoms with Crippen LogP contribution in [0.3, 0.4) is 0 Å². The van der Waals surface area contributed by atoms with E-state index in [2.05, 4.69) is 30.9 Å². The van der Waals surface area contributed by atoms with Gasteiger partial charge >= 0.3 is 6.09 Å². The molecule has 0 saturated carbocycles. The molecule has 1 amide bonds. The number of amides is 1. The van der Waals surface area contributed by atoms with Crippen molar-refractivity contribution in [1.29, 1.82) is 0 Å². The topological polar surface area (TPSA) is 86.7 Å². The van der Waals surface area contributed by atoms with Gasteiger partial charge in [-0.05, 0) is 61.0 Å². The fourth-order valence-corrected chi connectivity index (χ4v) is 3.54. The SMILES string of the molecule is CC(C)(C)OC(=O)N1CC[C@H](Oc2ccc3ncnc(Oc4ccc(F)c(Br)c4)c3n2)C1. The molecule has 0 spiro atoms. The van der Waals surface area contributed by atoms with Crippen LogP contribution in [0.4, 0.5) is 9.18 Å². The zero-order valence-electron chi connectivity index (χ0n) is 17.8. The molecule has 2 aromatic heterocycles. The molecule has 32 heavy (non-hydrogen) atoms. The quantitative estimate of drug-likeness (QED) is 0.487. The molecule has 0 bridgehead atoms. The second kappa shape index (κ2) is 8.85. The highest BCUT2D eigenvalue weighted by atomic mass is 79.9. The molecule has 0 aliphatic carbocycles. The van der Waals surface area contributed by atoms with Crippen LogP contribution in [-0.2, 0) is 4.74 Å². The van der Waals surface area contributed by atoms with Gasteiger partial charge in [-0.15, -0.1) is 0 Å². The first-order valence-corrected chi connectivity index (χ1v) is 10.9. The third kappa shape index (κ3) is 5.24. The minimum atomic E-state index is -0.549. The minimum Gasteiger partial charge on any atom is -0.472 e. The number of rotatable bonds is 4. The van der Waals surface area contributed by atoms with E-state index < -0.39 is 11.4 Å². The van der Waals surface area contributed by atoms with Crippen LogP contribution in [0.25, 0.3) is 11.0 Å². The van der Waals surface area contributed by atoms with E-state index in [0.717, 1.165) is 0 Å². The van der Waals surface area contributed by atoms with E-state index in [-0.39, 0.29) is 22.5 Å². The first kappa shape index (κ1) is 22.2. The Morgan fingerprint density at radius 2 is 2.03 bits per heavy atom. The van der Waals surface area contributed by atoms with Crippen molar-refractivity contribution in [2.45, 2.75) is 38.9 Å². The zero-order chi connectivity index (χ0) is 22.9. The molecule has 4 rings (SSSR count). The van der Waals surface area contributed by atoms with Gasteiger partial charge in [0.25, 0.3) is 0 Å². The highest BCUT2D eigenvalue weighted by molar-refractivity contribution is 9.10. The van der Waals surface area contributed by atoms with Crippen molar-refractivity contribution in [3.05, 3.63) is 46.9 Å². The maximum Gasteiger partial charge on any atom is 0.410 e. The molecule has 168 valence electrons. The summed E-state index contributed by atoms with van der Waals surface area (Å²) in [5.74, 6) is 0.597. The van der Waals surface area contributed by atoms with Gasteiger partial charge in [-0.3, -0.25) is 0 Å². The lowest BCUT2D eigenvalue weighted by atomic mass is 10.2. The number of aromatic nitrogens is 3. The summed E-state index contributed by atoms with van der Waals surface area (Å²) in [4.78, 5) is 26.8. The third-order valence-corrected chi connectivity index (χ3v) is 5.22. The van der Waals surface area contributed by atoms with Crippen molar-refractivity contribution in [3.63, 3.8) is 0 Å². The normalized spacial score (nSPS) is 16.3. The lowest BCUT2D eigenvalue weighted by Gasteiger charge is -2.24. The number of carbonyl (C=O) groups excluding carboxylic acids is 1. The van der Waals surface area contributed by atoms with Gasteiger partial charge in [0, 0.05) is 19.0 Å². The number of hydrogen-bond acceptors (Lipinski definition) is 7. The lowest BCUT2D eigenvalue weighted by Crippen LogP contribution is -2.36. The molecule has 0 N–H and O–H groups in total. The summed E-state index contributed by atoms with van der Waals surface area (Å²) in [6.07, 6.45) is 1.46. The summed E-state index contributed by atoms with van der Waals surface area (Å²) in [5.41, 5.74) is 0.435. The molecule has 1 saturated heterocycles. The summed E-state index contributed by atoms with van der Waals surface area (Å²) in [6, 6.07) is 7.77. The van der Waals surface area contributed by atoms with E-state index in [1.807, 2.05) is 20.8 Å². The third-order valence-electron chi connectivity index (χ3n) is 4.61. The molecule has 10 heteroatoms. The van der Waals surface area contributed by atoms with Crippen LogP contribution in [0.15, 0.2) is 41.1 Å². The van der Waals surface area contributed by atoms with Gasteiger partial charge in [-0.1, -0.05) is 0 Å². The fourth-order valence-electron chi connectivity index (χ4n) is 3.18. The Labute approximate surface area is 192 Å². The van der Waals surface area contributed by atoms with Crippen LogP contribution in [-0.4, -0.2) is 50.7 Å². The van der Waals surface area contributed by atoms with Crippen molar-refractivity contribution in [2.75, 3.05) is 13.1 Å². The molecule has 0 unspecified atom stereocenters. The van der Waals surface area contributed by atoms with Crippen LogP contribution in [0, 0.1) is 5.82 Å². The Kier molecular flexibility index (Phi) is 6.14. The lowest BCUT2D eigenvalue weighted by molar-refractivity contribution is 0.0275. The molecule has 1 fully saturated rings. The van der Waals surface area contributed by atoms with Crippen molar-refractivity contribution < 1.29 is 23.4 Å². The molecule has 1 atom stereocenters. The Balaban J connectivity index is 1.49. The molecular weight excluding hydrogens is 483 g/mol. The van der Waals surface area contributed by atoms with Gasteiger partial charge in [0.1, 0.15) is 29.6 Å². The van der Waals surface area contributed by atoms with E-state index >= 15 is 0 Å². The number of ether oxygens (including phenoxy) is 3. The summed E-state index contributed by atoms with van der Waals surface area (Å²) in [5, 5.41) is 0. The first-order valence-electron chi connectivity index (χ1n) is 10.1. The Hall–Kier alpha value is -3.01. The molecule has 3 heterocycles. The molecule has 3 aromatic rings. The number of likely N-dealkylation sites (tertiary alicyclic amines) is 1. The summed E-state index contributed by atoms with van der Waals surface area (Å²) >= 11 is 3.14. The zero-order valence-corrected chi connectivity index (χ0v) is 19.4. The molecule has 1 aliphatic rings. The summed E-state index contributed by atoms with van der Waals surface area (Å²) < 4.78 is 31.0. The van der Waals surface area contributed by atoms with Crippen molar-refractivity contribution in [1.82, 2.24) is 19.9 Å². The average Bonchev–Trinajstić information content (AvgIpc) is 3.19. The van der Waals surface area contributed by atoms with Gasteiger partial charge in [-0.2, -0.15) is 4.98 Å². The fraction of sp³-hybridized carbons (Fsp3) is 0.364.